The summed E-state index contributed by atoms with van der Waals surface area (Å²) in [6.07, 6.45) is 3.46. The van der Waals surface area contributed by atoms with Gasteiger partial charge in [0.15, 0.2) is 0 Å². The number of rotatable bonds is 9. The number of hydrogen-bond acceptors (Lipinski definition) is 3. The number of ether oxygens (including phenoxy) is 1. The first kappa shape index (κ1) is 16.0. The van der Waals surface area contributed by atoms with Crippen LogP contribution < -0.4 is 5.32 Å². The monoisotopic (exact) mass is 290 g/mol. The van der Waals surface area contributed by atoms with Crippen LogP contribution in [-0.2, 0) is 11.2 Å². The lowest BCUT2D eigenvalue weighted by Crippen LogP contribution is -2.31. The summed E-state index contributed by atoms with van der Waals surface area (Å²) in [4.78, 5) is 14.3. The van der Waals surface area contributed by atoms with Gasteiger partial charge in [0.2, 0.25) is 0 Å². The number of nitrogens with one attached hydrogen (secondary N) is 1. The molecule has 0 radical (unpaired) electrons. The van der Waals surface area contributed by atoms with Crippen molar-refractivity contribution < 1.29 is 9.53 Å². The molecule has 4 heteroatoms. The van der Waals surface area contributed by atoms with Crippen LogP contribution in [0.1, 0.15) is 28.8 Å². The number of nitrogens with zero attached hydrogens (tertiary/aromatic N) is 1. The highest BCUT2D eigenvalue weighted by atomic mass is 16.5. The lowest BCUT2D eigenvalue weighted by atomic mass is 10.0. The van der Waals surface area contributed by atoms with Gasteiger partial charge in [-0.15, -0.1) is 0 Å². The van der Waals surface area contributed by atoms with E-state index in [0.29, 0.717) is 13.2 Å². The Morgan fingerprint density at radius 1 is 1.38 bits per heavy atom. The van der Waals surface area contributed by atoms with Gasteiger partial charge in [0.1, 0.15) is 0 Å². The zero-order chi connectivity index (χ0) is 15.1. The molecule has 1 aromatic rings. The van der Waals surface area contributed by atoms with Gasteiger partial charge in [-0.2, -0.15) is 0 Å². The van der Waals surface area contributed by atoms with Gasteiger partial charge < -0.3 is 15.0 Å². The first-order valence-electron chi connectivity index (χ1n) is 7.78. The molecule has 1 aromatic carbocycles. The third-order valence-corrected chi connectivity index (χ3v) is 3.86. The van der Waals surface area contributed by atoms with Crippen molar-refractivity contribution in [3.63, 3.8) is 0 Å². The van der Waals surface area contributed by atoms with E-state index in [9.17, 15) is 4.79 Å². The van der Waals surface area contributed by atoms with Crippen LogP contribution in [0.4, 0.5) is 0 Å². The summed E-state index contributed by atoms with van der Waals surface area (Å²) >= 11 is 0. The van der Waals surface area contributed by atoms with Gasteiger partial charge in [0.25, 0.3) is 5.91 Å². The average molecular weight is 290 g/mol. The highest BCUT2D eigenvalue weighted by molar-refractivity contribution is 5.95. The van der Waals surface area contributed by atoms with Crippen molar-refractivity contribution >= 4 is 5.91 Å². The van der Waals surface area contributed by atoms with Gasteiger partial charge in [0, 0.05) is 25.8 Å². The lowest BCUT2D eigenvalue weighted by Gasteiger charge is -2.19. The summed E-state index contributed by atoms with van der Waals surface area (Å²) in [7, 11) is 3.77. The molecule has 116 valence electrons. The maximum atomic E-state index is 12.5. The van der Waals surface area contributed by atoms with E-state index in [1.165, 1.54) is 12.8 Å². The number of amides is 1. The first-order valence-corrected chi connectivity index (χ1v) is 7.78. The fourth-order valence-corrected chi connectivity index (χ4v) is 2.25. The smallest absolute Gasteiger partial charge is 0.253 e. The standard InChI is InChI=1S/C17H26N2O2/c1-18-10-9-15-5-3-4-6-16(15)17(20)19(2)11-12-21-13-14-7-8-14/h3-6,14,18H,7-13H2,1-2H3. The molecule has 1 N–H and O–H groups in total. The molecule has 0 saturated heterocycles. The van der Waals surface area contributed by atoms with Crippen molar-refractivity contribution in [3.8, 4) is 0 Å². The summed E-state index contributed by atoms with van der Waals surface area (Å²) < 4.78 is 5.61. The molecule has 4 nitrogen and oxygen atoms in total. The first-order chi connectivity index (χ1) is 10.2. The third-order valence-electron chi connectivity index (χ3n) is 3.86. The summed E-state index contributed by atoms with van der Waals surface area (Å²) in [5, 5.41) is 3.13. The van der Waals surface area contributed by atoms with E-state index in [0.717, 1.165) is 36.6 Å². The van der Waals surface area contributed by atoms with Gasteiger partial charge in [-0.05, 0) is 50.4 Å². The van der Waals surface area contributed by atoms with Crippen molar-refractivity contribution in [2.75, 3.05) is 40.4 Å². The molecule has 1 fully saturated rings. The highest BCUT2D eigenvalue weighted by Gasteiger charge is 2.21. The highest BCUT2D eigenvalue weighted by Crippen LogP contribution is 2.28. The molecule has 0 aliphatic heterocycles. The molecule has 1 amide bonds. The van der Waals surface area contributed by atoms with E-state index >= 15 is 0 Å². The third kappa shape index (κ3) is 5.14. The summed E-state index contributed by atoms with van der Waals surface area (Å²) in [6.45, 7) is 2.99. The zero-order valence-electron chi connectivity index (χ0n) is 13.1. The Morgan fingerprint density at radius 2 is 2.14 bits per heavy atom. The summed E-state index contributed by atoms with van der Waals surface area (Å²) in [6, 6.07) is 7.85. The lowest BCUT2D eigenvalue weighted by molar-refractivity contribution is 0.0680. The van der Waals surface area contributed by atoms with Gasteiger partial charge >= 0.3 is 0 Å². The maximum absolute atomic E-state index is 12.5. The summed E-state index contributed by atoms with van der Waals surface area (Å²) in [5.74, 6) is 0.852. The second kappa shape index (κ2) is 8.15. The van der Waals surface area contributed by atoms with E-state index in [2.05, 4.69) is 5.32 Å². The number of hydrogen-bond donors (Lipinski definition) is 1. The minimum absolute atomic E-state index is 0.0803. The fourth-order valence-electron chi connectivity index (χ4n) is 2.25. The van der Waals surface area contributed by atoms with Gasteiger partial charge in [-0.25, -0.2) is 0 Å². The second-order valence-electron chi connectivity index (χ2n) is 5.76. The van der Waals surface area contributed by atoms with E-state index < -0.39 is 0 Å². The van der Waals surface area contributed by atoms with Gasteiger partial charge in [-0.1, -0.05) is 18.2 Å². The Hall–Kier alpha value is -1.39. The molecule has 21 heavy (non-hydrogen) atoms. The number of benzene rings is 1. The van der Waals surface area contributed by atoms with Crippen LogP contribution in [0.25, 0.3) is 0 Å². The van der Waals surface area contributed by atoms with Crippen LogP contribution in [0.15, 0.2) is 24.3 Å². The molecule has 0 unspecified atom stereocenters. The predicted octanol–water partition coefficient (Wildman–Crippen LogP) is 1.95. The fraction of sp³-hybridized carbons (Fsp3) is 0.588. The molecule has 1 aliphatic rings. The Bertz CT molecular complexity index is 458. The van der Waals surface area contributed by atoms with Gasteiger partial charge in [-0.3, -0.25) is 4.79 Å². The quantitative estimate of drug-likeness (QED) is 0.707. The molecule has 1 aliphatic carbocycles. The van der Waals surface area contributed by atoms with Crippen molar-refractivity contribution in [3.05, 3.63) is 35.4 Å². The predicted molar refractivity (Wildman–Crippen MR) is 84.6 cm³/mol. The van der Waals surface area contributed by atoms with Crippen LogP contribution in [0.2, 0.25) is 0 Å². The molecule has 0 atom stereocenters. The maximum Gasteiger partial charge on any atom is 0.253 e. The molecule has 1 saturated carbocycles. The van der Waals surface area contributed by atoms with Crippen molar-refractivity contribution in [1.82, 2.24) is 10.2 Å². The van der Waals surface area contributed by atoms with E-state index in [-0.39, 0.29) is 5.91 Å². The number of carbonyl (C=O) groups is 1. The zero-order valence-corrected chi connectivity index (χ0v) is 13.1. The van der Waals surface area contributed by atoms with Crippen molar-refractivity contribution in [1.29, 1.82) is 0 Å². The van der Waals surface area contributed by atoms with Crippen molar-refractivity contribution in [2.24, 2.45) is 5.92 Å². The SMILES string of the molecule is CNCCc1ccccc1C(=O)N(C)CCOCC1CC1. The average Bonchev–Trinajstić information content (AvgIpc) is 3.33. The Kier molecular flexibility index (Phi) is 6.21. The molecule has 0 aromatic heterocycles. The van der Waals surface area contributed by atoms with Crippen LogP contribution in [0.3, 0.4) is 0 Å². The molecular formula is C17H26N2O2. The summed E-state index contributed by atoms with van der Waals surface area (Å²) in [5.41, 5.74) is 1.90. The molecule has 0 spiro atoms. The van der Waals surface area contributed by atoms with Crippen LogP contribution in [-0.4, -0.2) is 51.2 Å². The van der Waals surface area contributed by atoms with Crippen LogP contribution in [0, 0.1) is 5.92 Å². The van der Waals surface area contributed by atoms with Crippen LogP contribution >= 0.6 is 0 Å². The van der Waals surface area contributed by atoms with Crippen LogP contribution in [0.5, 0.6) is 0 Å². The van der Waals surface area contributed by atoms with Crippen molar-refractivity contribution in [2.45, 2.75) is 19.3 Å². The largest absolute Gasteiger partial charge is 0.379 e. The minimum atomic E-state index is 0.0803. The van der Waals surface area contributed by atoms with E-state index in [4.69, 9.17) is 4.74 Å². The number of likely N-dealkylation sites (N-methyl/N-ethyl adjacent to an activating group) is 2. The Labute approximate surface area is 127 Å². The second-order valence-corrected chi connectivity index (χ2v) is 5.76. The number of carbonyl (C=O) groups excluding carboxylic acids is 1. The van der Waals surface area contributed by atoms with E-state index in [1.807, 2.05) is 38.4 Å². The minimum Gasteiger partial charge on any atom is -0.379 e. The van der Waals surface area contributed by atoms with E-state index in [1.54, 1.807) is 4.90 Å². The molecule has 0 heterocycles. The molecular weight excluding hydrogens is 264 g/mol. The molecule has 0 bridgehead atoms. The normalized spacial score (nSPS) is 14.2. The topological polar surface area (TPSA) is 41.6 Å². The van der Waals surface area contributed by atoms with Gasteiger partial charge in [0.05, 0.1) is 6.61 Å². The molecule has 2 rings (SSSR count). The Balaban J connectivity index is 1.84. The Morgan fingerprint density at radius 3 is 2.86 bits per heavy atom.